The minimum Gasteiger partial charge on any atom is -0.328 e. The van der Waals surface area contributed by atoms with Crippen LogP contribution in [0, 0.1) is 11.6 Å². The lowest BCUT2D eigenvalue weighted by atomic mass is 10.1. The molecule has 0 aliphatic carbocycles. The molecule has 2 N–H and O–H groups in total. The van der Waals surface area contributed by atoms with Gasteiger partial charge in [-0.25, -0.2) is 8.78 Å². The maximum absolute atomic E-state index is 13.0. The molecule has 0 heterocycles. The quantitative estimate of drug-likeness (QED) is 0.767. The predicted octanol–water partition coefficient (Wildman–Crippen LogP) is 2.24. The van der Waals surface area contributed by atoms with E-state index in [1.54, 1.807) is 0 Å². The van der Waals surface area contributed by atoms with Crippen molar-refractivity contribution in [2.24, 2.45) is 5.73 Å². The molecule has 1 rings (SSSR count). The molecule has 3 heteroatoms. The number of hydrogen-bond acceptors (Lipinski definition) is 1. The fraction of sp³-hybridized carbons (Fsp3) is 0.400. The number of halogens is 2. The summed E-state index contributed by atoms with van der Waals surface area (Å²) in [4.78, 5) is 0. The highest BCUT2D eigenvalue weighted by Crippen LogP contribution is 2.12. The van der Waals surface area contributed by atoms with E-state index in [1.165, 1.54) is 6.07 Å². The highest BCUT2D eigenvalue weighted by atomic mass is 19.1. The molecule has 1 nitrogen and oxygen atoms in total. The first-order chi connectivity index (χ1) is 6.09. The summed E-state index contributed by atoms with van der Waals surface area (Å²) < 4.78 is 25.7. The van der Waals surface area contributed by atoms with Crippen LogP contribution < -0.4 is 5.73 Å². The van der Waals surface area contributed by atoms with Gasteiger partial charge in [0.25, 0.3) is 0 Å². The van der Waals surface area contributed by atoms with Crippen LogP contribution in [0.25, 0.3) is 0 Å². The second-order valence-electron chi connectivity index (χ2n) is 3.25. The summed E-state index contributed by atoms with van der Waals surface area (Å²) in [6.07, 6.45) is 1.15. The lowest BCUT2D eigenvalue weighted by Gasteiger charge is -2.05. The maximum atomic E-state index is 13.0. The number of benzene rings is 1. The average Bonchev–Trinajstić information content (AvgIpc) is 2.06. The van der Waals surface area contributed by atoms with E-state index >= 15 is 0 Å². The molecular formula is C10H13F2N. The monoisotopic (exact) mass is 185 g/mol. The van der Waals surface area contributed by atoms with Crippen molar-refractivity contribution in [1.82, 2.24) is 0 Å². The summed E-state index contributed by atoms with van der Waals surface area (Å²) in [6.45, 7) is 1.84. The van der Waals surface area contributed by atoms with E-state index in [2.05, 4.69) is 0 Å². The Bertz CT molecular complexity index is 284. The molecule has 1 unspecified atom stereocenters. The molecule has 0 aromatic heterocycles. The van der Waals surface area contributed by atoms with Crippen LogP contribution in [0.4, 0.5) is 8.78 Å². The van der Waals surface area contributed by atoms with Crippen LogP contribution in [0.2, 0.25) is 0 Å². The summed E-state index contributed by atoms with van der Waals surface area (Å²) in [6, 6.07) is 3.50. The van der Waals surface area contributed by atoms with Gasteiger partial charge in [-0.05, 0) is 43.5 Å². The van der Waals surface area contributed by atoms with Gasteiger partial charge >= 0.3 is 0 Å². The Morgan fingerprint density at radius 2 is 2.08 bits per heavy atom. The van der Waals surface area contributed by atoms with Crippen LogP contribution in [0.1, 0.15) is 18.9 Å². The molecule has 1 aromatic rings. The molecule has 1 aromatic carbocycles. The van der Waals surface area contributed by atoms with Gasteiger partial charge in [0.15, 0.2) is 0 Å². The Morgan fingerprint density at radius 1 is 1.38 bits per heavy atom. The van der Waals surface area contributed by atoms with E-state index in [4.69, 9.17) is 5.73 Å². The van der Waals surface area contributed by atoms with Crippen molar-refractivity contribution in [1.29, 1.82) is 0 Å². The minimum atomic E-state index is -0.402. The molecule has 0 spiro atoms. The number of aryl methyl sites for hydroxylation is 1. The number of rotatable bonds is 3. The van der Waals surface area contributed by atoms with Crippen molar-refractivity contribution < 1.29 is 8.78 Å². The van der Waals surface area contributed by atoms with Crippen molar-refractivity contribution in [2.75, 3.05) is 0 Å². The molecule has 0 aliphatic heterocycles. The summed E-state index contributed by atoms with van der Waals surface area (Å²) >= 11 is 0. The van der Waals surface area contributed by atoms with Crippen molar-refractivity contribution in [3.63, 3.8) is 0 Å². The predicted molar refractivity (Wildman–Crippen MR) is 48.3 cm³/mol. The first-order valence-corrected chi connectivity index (χ1v) is 4.29. The summed E-state index contributed by atoms with van der Waals surface area (Å²) in [7, 11) is 0. The van der Waals surface area contributed by atoms with E-state index in [-0.39, 0.29) is 11.9 Å². The summed E-state index contributed by atoms with van der Waals surface area (Å²) in [5.74, 6) is -0.761. The van der Waals surface area contributed by atoms with Crippen molar-refractivity contribution in [3.05, 3.63) is 35.4 Å². The van der Waals surface area contributed by atoms with Crippen LogP contribution >= 0.6 is 0 Å². The van der Waals surface area contributed by atoms with Crippen molar-refractivity contribution >= 4 is 0 Å². The Morgan fingerprint density at radius 3 is 2.69 bits per heavy atom. The van der Waals surface area contributed by atoms with Gasteiger partial charge in [0, 0.05) is 6.04 Å². The van der Waals surface area contributed by atoms with E-state index < -0.39 is 5.82 Å². The van der Waals surface area contributed by atoms with Gasteiger partial charge < -0.3 is 5.73 Å². The Labute approximate surface area is 76.6 Å². The second kappa shape index (κ2) is 4.33. The Hall–Kier alpha value is -0.960. The van der Waals surface area contributed by atoms with Gasteiger partial charge in [-0.15, -0.1) is 0 Å². The normalized spacial score (nSPS) is 12.9. The minimum absolute atomic E-state index is 0.0164. The van der Waals surface area contributed by atoms with Gasteiger partial charge in [-0.3, -0.25) is 0 Å². The average molecular weight is 185 g/mol. The fourth-order valence-corrected chi connectivity index (χ4v) is 1.12. The van der Waals surface area contributed by atoms with Gasteiger partial charge in [0.1, 0.15) is 11.6 Å². The smallest absolute Gasteiger partial charge is 0.126 e. The van der Waals surface area contributed by atoms with Gasteiger partial charge in [-0.2, -0.15) is 0 Å². The van der Waals surface area contributed by atoms with Crippen LogP contribution in [-0.4, -0.2) is 6.04 Å². The van der Waals surface area contributed by atoms with Gasteiger partial charge in [0.2, 0.25) is 0 Å². The van der Waals surface area contributed by atoms with Crippen molar-refractivity contribution in [2.45, 2.75) is 25.8 Å². The topological polar surface area (TPSA) is 26.0 Å². The molecular weight excluding hydrogens is 172 g/mol. The molecule has 1 atom stereocenters. The van der Waals surface area contributed by atoms with E-state index in [9.17, 15) is 8.78 Å². The van der Waals surface area contributed by atoms with E-state index in [1.807, 2.05) is 6.92 Å². The lowest BCUT2D eigenvalue weighted by Crippen LogP contribution is -2.15. The zero-order chi connectivity index (χ0) is 9.84. The van der Waals surface area contributed by atoms with Crippen LogP contribution in [0.3, 0.4) is 0 Å². The number of hydrogen-bond donors (Lipinski definition) is 1. The molecule has 72 valence electrons. The zero-order valence-electron chi connectivity index (χ0n) is 7.56. The molecule has 0 saturated heterocycles. The standard InChI is InChI=1S/C10H13F2N/c1-7(13)2-3-8-6-9(11)4-5-10(8)12/h4-7H,2-3,13H2,1H3. The van der Waals surface area contributed by atoms with E-state index in [0.29, 0.717) is 18.4 Å². The molecule has 0 bridgehead atoms. The Kier molecular flexibility index (Phi) is 3.37. The third kappa shape index (κ3) is 3.11. The second-order valence-corrected chi connectivity index (χ2v) is 3.25. The molecule has 0 fully saturated rings. The van der Waals surface area contributed by atoms with E-state index in [0.717, 1.165) is 12.1 Å². The highest BCUT2D eigenvalue weighted by Gasteiger charge is 2.04. The van der Waals surface area contributed by atoms with Crippen molar-refractivity contribution in [3.8, 4) is 0 Å². The van der Waals surface area contributed by atoms with Crippen LogP contribution in [0.15, 0.2) is 18.2 Å². The summed E-state index contributed by atoms with van der Waals surface area (Å²) in [5, 5.41) is 0. The molecule has 0 aliphatic rings. The first-order valence-electron chi connectivity index (χ1n) is 4.29. The van der Waals surface area contributed by atoms with Gasteiger partial charge in [-0.1, -0.05) is 0 Å². The first kappa shape index (κ1) is 10.1. The zero-order valence-corrected chi connectivity index (χ0v) is 7.56. The third-order valence-electron chi connectivity index (χ3n) is 1.88. The van der Waals surface area contributed by atoms with Crippen LogP contribution in [0.5, 0.6) is 0 Å². The summed E-state index contributed by atoms with van der Waals surface area (Å²) in [5.41, 5.74) is 5.91. The molecule has 0 saturated carbocycles. The Balaban J connectivity index is 2.70. The van der Waals surface area contributed by atoms with Crippen LogP contribution in [-0.2, 0) is 6.42 Å². The SMILES string of the molecule is CC(N)CCc1cc(F)ccc1F. The highest BCUT2D eigenvalue weighted by molar-refractivity contribution is 5.18. The molecule has 13 heavy (non-hydrogen) atoms. The largest absolute Gasteiger partial charge is 0.328 e. The third-order valence-corrected chi connectivity index (χ3v) is 1.88. The maximum Gasteiger partial charge on any atom is 0.126 e. The molecule has 0 radical (unpaired) electrons. The fourth-order valence-electron chi connectivity index (χ4n) is 1.12. The lowest BCUT2D eigenvalue weighted by molar-refractivity contribution is 0.571. The number of nitrogens with two attached hydrogens (primary N) is 1. The molecule has 0 amide bonds. The van der Waals surface area contributed by atoms with Gasteiger partial charge in [0.05, 0.1) is 0 Å².